The predicted molar refractivity (Wildman–Crippen MR) is 48.3 cm³/mol. The van der Waals surface area contributed by atoms with Crippen molar-refractivity contribution in [1.29, 1.82) is 0 Å². The molecule has 3 N–H and O–H groups in total. The number of aryl methyl sites for hydroxylation is 1. The molecule has 0 radical (unpaired) electrons. The van der Waals surface area contributed by atoms with Crippen molar-refractivity contribution in [2.75, 3.05) is 11.9 Å². The van der Waals surface area contributed by atoms with Crippen molar-refractivity contribution >= 4 is 11.7 Å². The Labute approximate surface area is 76.2 Å². The summed E-state index contributed by atoms with van der Waals surface area (Å²) >= 11 is 0. The molecule has 5 nitrogen and oxygen atoms in total. The minimum atomic E-state index is -0.518. The predicted octanol–water partition coefficient (Wildman–Crippen LogP) is 0.293. The van der Waals surface area contributed by atoms with E-state index in [9.17, 15) is 4.79 Å². The van der Waals surface area contributed by atoms with Crippen LogP contribution < -0.4 is 5.32 Å². The van der Waals surface area contributed by atoms with Crippen molar-refractivity contribution in [3.8, 4) is 0 Å². The summed E-state index contributed by atoms with van der Waals surface area (Å²) < 4.78 is 0. The summed E-state index contributed by atoms with van der Waals surface area (Å²) in [4.78, 5) is 10.7. The lowest BCUT2D eigenvalue weighted by molar-refractivity contribution is -0.118. The van der Waals surface area contributed by atoms with E-state index >= 15 is 0 Å². The van der Waals surface area contributed by atoms with Crippen LogP contribution in [0.5, 0.6) is 0 Å². The third-order valence-electron chi connectivity index (χ3n) is 1.56. The number of aromatic nitrogens is 2. The first-order valence-corrected chi connectivity index (χ1v) is 4.21. The molecule has 5 heteroatoms. The summed E-state index contributed by atoms with van der Waals surface area (Å²) in [6.07, 6.45) is 1.93. The maximum absolute atomic E-state index is 10.7. The molecule has 1 heterocycles. The second-order valence-corrected chi connectivity index (χ2v) is 2.73. The Morgan fingerprint density at radius 2 is 2.54 bits per heavy atom. The second kappa shape index (κ2) is 4.61. The topological polar surface area (TPSA) is 78.0 Å². The lowest BCUT2D eigenvalue weighted by Gasteiger charge is -1.95. The van der Waals surface area contributed by atoms with Crippen molar-refractivity contribution in [1.82, 2.24) is 10.2 Å². The van der Waals surface area contributed by atoms with E-state index < -0.39 is 12.5 Å². The molecule has 0 atom stereocenters. The fourth-order valence-corrected chi connectivity index (χ4v) is 1.01. The molecule has 0 saturated carbocycles. The number of aromatic amines is 1. The van der Waals surface area contributed by atoms with Gasteiger partial charge in [-0.3, -0.25) is 9.89 Å². The number of H-pyrrole nitrogens is 1. The third-order valence-corrected chi connectivity index (χ3v) is 1.56. The molecular formula is C8H13N3O2. The second-order valence-electron chi connectivity index (χ2n) is 2.73. The molecule has 1 aromatic rings. The van der Waals surface area contributed by atoms with Crippen molar-refractivity contribution in [2.24, 2.45) is 0 Å². The minimum Gasteiger partial charge on any atom is -0.387 e. The van der Waals surface area contributed by atoms with E-state index in [0.717, 1.165) is 18.5 Å². The van der Waals surface area contributed by atoms with Crippen LogP contribution >= 0.6 is 0 Å². The molecular weight excluding hydrogens is 170 g/mol. The van der Waals surface area contributed by atoms with Crippen LogP contribution in [0.25, 0.3) is 0 Å². The smallest absolute Gasteiger partial charge is 0.251 e. The molecule has 1 amide bonds. The van der Waals surface area contributed by atoms with Crippen LogP contribution in [0.1, 0.15) is 19.0 Å². The van der Waals surface area contributed by atoms with Crippen LogP contribution in [0.4, 0.5) is 5.82 Å². The van der Waals surface area contributed by atoms with Gasteiger partial charge in [0.15, 0.2) is 5.82 Å². The molecule has 0 bridgehead atoms. The number of hydrogen-bond donors (Lipinski definition) is 3. The van der Waals surface area contributed by atoms with Gasteiger partial charge in [-0.25, -0.2) is 0 Å². The van der Waals surface area contributed by atoms with Gasteiger partial charge in [0.05, 0.1) is 0 Å². The Kier molecular flexibility index (Phi) is 3.45. The van der Waals surface area contributed by atoms with Gasteiger partial charge in [0.1, 0.15) is 6.61 Å². The van der Waals surface area contributed by atoms with Gasteiger partial charge in [-0.05, 0) is 6.42 Å². The van der Waals surface area contributed by atoms with Crippen LogP contribution in [0, 0.1) is 0 Å². The minimum absolute atomic E-state index is 0.449. The monoisotopic (exact) mass is 183 g/mol. The zero-order chi connectivity index (χ0) is 9.68. The maximum Gasteiger partial charge on any atom is 0.251 e. The number of hydrogen-bond acceptors (Lipinski definition) is 3. The summed E-state index contributed by atoms with van der Waals surface area (Å²) in [5, 5.41) is 17.5. The fourth-order valence-electron chi connectivity index (χ4n) is 1.01. The SMILES string of the molecule is CCCc1cc(NC(=O)CO)n[nH]1. The maximum atomic E-state index is 10.7. The number of aliphatic hydroxyl groups is 1. The summed E-state index contributed by atoms with van der Waals surface area (Å²) in [5.74, 6) is 0.0112. The third kappa shape index (κ3) is 2.87. The number of aliphatic hydroxyl groups excluding tert-OH is 1. The Bertz CT molecular complexity index is 283. The number of nitrogens with zero attached hydrogens (tertiary/aromatic N) is 1. The Balaban J connectivity index is 2.53. The average Bonchev–Trinajstić information content (AvgIpc) is 2.53. The van der Waals surface area contributed by atoms with Crippen LogP contribution in [0.15, 0.2) is 6.07 Å². The highest BCUT2D eigenvalue weighted by Crippen LogP contribution is 2.06. The molecule has 0 saturated heterocycles. The zero-order valence-electron chi connectivity index (χ0n) is 7.50. The molecule has 1 rings (SSSR count). The largest absolute Gasteiger partial charge is 0.387 e. The highest BCUT2D eigenvalue weighted by Gasteiger charge is 2.03. The number of anilines is 1. The van der Waals surface area contributed by atoms with Crippen LogP contribution in [0.2, 0.25) is 0 Å². The van der Waals surface area contributed by atoms with Gasteiger partial charge in [-0.2, -0.15) is 5.10 Å². The van der Waals surface area contributed by atoms with Crippen LogP contribution in [0.3, 0.4) is 0 Å². The van der Waals surface area contributed by atoms with Gasteiger partial charge >= 0.3 is 0 Å². The molecule has 1 aromatic heterocycles. The highest BCUT2D eigenvalue weighted by atomic mass is 16.3. The first kappa shape index (κ1) is 9.73. The number of carbonyl (C=O) groups excluding carboxylic acids is 1. The first-order chi connectivity index (χ1) is 6.26. The number of carbonyl (C=O) groups is 1. The molecule has 0 unspecified atom stereocenters. The highest BCUT2D eigenvalue weighted by molar-refractivity contribution is 5.90. The van der Waals surface area contributed by atoms with E-state index in [1.54, 1.807) is 6.07 Å². The normalized spacial score (nSPS) is 10.0. The molecule has 0 aromatic carbocycles. The van der Waals surface area contributed by atoms with E-state index in [0.29, 0.717) is 5.82 Å². The number of rotatable bonds is 4. The molecule has 72 valence electrons. The van der Waals surface area contributed by atoms with E-state index in [2.05, 4.69) is 22.4 Å². The summed E-state index contributed by atoms with van der Waals surface area (Å²) in [5.41, 5.74) is 0.982. The Morgan fingerprint density at radius 3 is 3.15 bits per heavy atom. The lowest BCUT2D eigenvalue weighted by Crippen LogP contribution is -2.15. The van der Waals surface area contributed by atoms with Gasteiger partial charge in [-0.15, -0.1) is 0 Å². The van der Waals surface area contributed by atoms with Crippen LogP contribution in [-0.2, 0) is 11.2 Å². The Hall–Kier alpha value is -1.36. The molecule has 0 fully saturated rings. The lowest BCUT2D eigenvalue weighted by atomic mass is 10.2. The van der Waals surface area contributed by atoms with Crippen LogP contribution in [-0.4, -0.2) is 27.8 Å². The Morgan fingerprint density at radius 1 is 1.77 bits per heavy atom. The van der Waals surface area contributed by atoms with Gasteiger partial charge in [0.25, 0.3) is 5.91 Å². The molecule has 13 heavy (non-hydrogen) atoms. The van der Waals surface area contributed by atoms with Gasteiger partial charge < -0.3 is 10.4 Å². The molecule has 0 aliphatic rings. The fraction of sp³-hybridized carbons (Fsp3) is 0.500. The number of amides is 1. The van der Waals surface area contributed by atoms with Gasteiger partial charge in [0, 0.05) is 11.8 Å². The molecule has 0 spiro atoms. The van der Waals surface area contributed by atoms with Crippen molar-refractivity contribution in [3.63, 3.8) is 0 Å². The zero-order valence-corrected chi connectivity index (χ0v) is 7.50. The molecule has 0 aliphatic heterocycles. The van der Waals surface area contributed by atoms with E-state index in [1.165, 1.54) is 0 Å². The van der Waals surface area contributed by atoms with Crippen molar-refractivity contribution in [2.45, 2.75) is 19.8 Å². The van der Waals surface area contributed by atoms with E-state index in [-0.39, 0.29) is 0 Å². The van der Waals surface area contributed by atoms with Crippen molar-refractivity contribution in [3.05, 3.63) is 11.8 Å². The quantitative estimate of drug-likeness (QED) is 0.628. The van der Waals surface area contributed by atoms with Gasteiger partial charge in [0.2, 0.25) is 0 Å². The van der Waals surface area contributed by atoms with Gasteiger partial charge in [-0.1, -0.05) is 13.3 Å². The summed E-state index contributed by atoms with van der Waals surface area (Å²) in [7, 11) is 0. The average molecular weight is 183 g/mol. The first-order valence-electron chi connectivity index (χ1n) is 4.21. The summed E-state index contributed by atoms with van der Waals surface area (Å²) in [6.45, 7) is 1.54. The summed E-state index contributed by atoms with van der Waals surface area (Å²) in [6, 6.07) is 1.76. The van der Waals surface area contributed by atoms with E-state index in [4.69, 9.17) is 5.11 Å². The van der Waals surface area contributed by atoms with E-state index in [1.807, 2.05) is 0 Å². The van der Waals surface area contributed by atoms with Crippen molar-refractivity contribution < 1.29 is 9.90 Å². The number of nitrogens with one attached hydrogen (secondary N) is 2. The standard InChI is InChI=1S/C8H13N3O2/c1-2-3-6-4-7(11-10-6)9-8(13)5-12/h4,12H,2-3,5H2,1H3,(H2,9,10,11,13). The molecule has 0 aliphatic carbocycles.